The van der Waals surface area contributed by atoms with Crippen LogP contribution in [-0.4, -0.2) is 53.9 Å². The first kappa shape index (κ1) is 28.3. The van der Waals surface area contributed by atoms with Crippen molar-refractivity contribution in [3.63, 3.8) is 0 Å². The number of amides is 1. The van der Waals surface area contributed by atoms with E-state index >= 15 is 0 Å². The van der Waals surface area contributed by atoms with Crippen LogP contribution in [0.3, 0.4) is 0 Å². The summed E-state index contributed by atoms with van der Waals surface area (Å²) in [6.07, 6.45) is -1.49. The monoisotopic (exact) mass is 577 g/mol. The Morgan fingerprint density at radius 3 is 2.02 bits per heavy atom. The average molecular weight is 578 g/mol. The maximum Gasteiger partial charge on any atom is 0.348 e. The van der Waals surface area contributed by atoms with Crippen molar-refractivity contribution in [1.29, 1.82) is 0 Å². The molecule has 2 N–H and O–H groups in total. The Kier molecular flexibility index (Phi) is 7.87. The molecule has 1 aliphatic rings. The Hall–Kier alpha value is -5.26. The summed E-state index contributed by atoms with van der Waals surface area (Å²) < 4.78 is 50.2. The third-order valence-electron chi connectivity index (χ3n) is 6.80. The zero-order valence-electron chi connectivity index (χ0n) is 22.5. The van der Waals surface area contributed by atoms with Crippen molar-refractivity contribution >= 4 is 11.9 Å². The van der Waals surface area contributed by atoms with E-state index < -0.39 is 41.2 Å². The van der Waals surface area contributed by atoms with E-state index in [2.05, 4.69) is 15.3 Å². The zero-order valence-corrected chi connectivity index (χ0v) is 22.5. The van der Waals surface area contributed by atoms with E-state index in [-0.39, 0.29) is 28.5 Å². The van der Waals surface area contributed by atoms with Gasteiger partial charge >= 0.3 is 12.0 Å². The van der Waals surface area contributed by atoms with Crippen molar-refractivity contribution in [2.45, 2.75) is 18.1 Å². The topological polar surface area (TPSA) is 129 Å². The van der Waals surface area contributed by atoms with Gasteiger partial charge in [-0.05, 0) is 59.7 Å². The van der Waals surface area contributed by atoms with Crippen molar-refractivity contribution < 1.29 is 42.4 Å². The Morgan fingerprint density at radius 2 is 1.50 bits per heavy atom. The summed E-state index contributed by atoms with van der Waals surface area (Å²) >= 11 is 0. The number of carboxylic acid groups (broad SMARTS) is 1. The van der Waals surface area contributed by atoms with Crippen LogP contribution in [0.2, 0.25) is 0 Å². The fourth-order valence-corrected chi connectivity index (χ4v) is 4.76. The minimum absolute atomic E-state index is 0.120. The van der Waals surface area contributed by atoms with Crippen LogP contribution in [0.4, 0.5) is 8.78 Å². The van der Waals surface area contributed by atoms with Crippen molar-refractivity contribution in [3.8, 4) is 23.5 Å². The fraction of sp³-hybridized carbons (Fsp3) is 0.200. The first-order valence-corrected chi connectivity index (χ1v) is 12.7. The van der Waals surface area contributed by atoms with Gasteiger partial charge in [-0.1, -0.05) is 24.3 Å². The lowest BCUT2D eigenvalue weighted by molar-refractivity contribution is -0.148. The summed E-state index contributed by atoms with van der Waals surface area (Å²) in [5.41, 5.74) is -1.09. The zero-order chi connectivity index (χ0) is 29.9. The number of carbonyl (C=O) groups excluding carboxylic acids is 1. The molecule has 4 aromatic rings. The number of methoxy groups -OCH3 is 2. The van der Waals surface area contributed by atoms with Gasteiger partial charge in [0.1, 0.15) is 22.9 Å². The lowest BCUT2D eigenvalue weighted by atomic mass is 9.77. The molecule has 1 aromatic heterocycles. The predicted molar refractivity (Wildman–Crippen MR) is 144 cm³/mol. The molecular weight excluding hydrogens is 552 g/mol. The molecule has 10 nitrogen and oxygen atoms in total. The number of hydrogen-bond acceptors (Lipinski definition) is 8. The summed E-state index contributed by atoms with van der Waals surface area (Å²) in [5, 5.41) is 13.4. The van der Waals surface area contributed by atoms with Crippen LogP contribution >= 0.6 is 0 Å². The van der Waals surface area contributed by atoms with Gasteiger partial charge in [-0.25, -0.2) is 13.6 Å². The largest absolute Gasteiger partial charge is 0.497 e. The highest BCUT2D eigenvalue weighted by atomic mass is 19.1. The van der Waals surface area contributed by atoms with E-state index in [1.807, 2.05) is 0 Å². The summed E-state index contributed by atoms with van der Waals surface area (Å²) in [6, 6.07) is 15.3. The van der Waals surface area contributed by atoms with E-state index in [0.29, 0.717) is 24.3 Å². The second-order valence-electron chi connectivity index (χ2n) is 9.24. The Bertz CT molecular complexity index is 1550. The predicted octanol–water partition coefficient (Wildman–Crippen LogP) is 3.91. The standard InChI is InChI=1S/C30H25F2N3O7/c1-39-22-13-3-17(4-14-22)25(36)35-30(18-5-9-20(31)10-6-18,19-7-11-21(32)12-8-19)24(28(37)38)42-29-33-26(40-2)23-15-16-41-27(23)34-29/h3-14,24H,15-16H2,1-2H3,(H,35,36)(H,37,38). The van der Waals surface area contributed by atoms with Crippen LogP contribution in [0.15, 0.2) is 72.8 Å². The summed E-state index contributed by atoms with van der Waals surface area (Å²) in [6.45, 7) is 0.319. The van der Waals surface area contributed by atoms with Crippen LogP contribution < -0.4 is 24.3 Å². The van der Waals surface area contributed by atoms with E-state index in [0.717, 1.165) is 24.3 Å². The third kappa shape index (κ3) is 5.38. The molecule has 0 saturated carbocycles. The smallest absolute Gasteiger partial charge is 0.348 e. The fourth-order valence-electron chi connectivity index (χ4n) is 4.76. The van der Waals surface area contributed by atoms with Crippen LogP contribution in [0.25, 0.3) is 0 Å². The Balaban J connectivity index is 1.71. The van der Waals surface area contributed by atoms with Crippen LogP contribution in [0, 0.1) is 11.6 Å². The maximum absolute atomic E-state index is 14.1. The third-order valence-corrected chi connectivity index (χ3v) is 6.80. The molecule has 1 amide bonds. The number of hydrogen-bond donors (Lipinski definition) is 2. The van der Waals surface area contributed by atoms with Gasteiger partial charge in [0, 0.05) is 12.0 Å². The van der Waals surface area contributed by atoms with E-state index in [1.54, 1.807) is 12.1 Å². The van der Waals surface area contributed by atoms with Gasteiger partial charge in [-0.2, -0.15) is 9.97 Å². The first-order chi connectivity index (χ1) is 20.2. The molecule has 5 rings (SSSR count). The van der Waals surface area contributed by atoms with Gasteiger partial charge in [0.25, 0.3) is 5.91 Å². The van der Waals surface area contributed by atoms with Crippen molar-refractivity contribution in [1.82, 2.24) is 15.3 Å². The molecule has 1 atom stereocenters. The van der Waals surface area contributed by atoms with Crippen LogP contribution in [0.1, 0.15) is 27.0 Å². The van der Waals surface area contributed by atoms with E-state index in [1.165, 1.54) is 50.6 Å². The molecule has 42 heavy (non-hydrogen) atoms. The van der Waals surface area contributed by atoms with E-state index in [9.17, 15) is 23.5 Å². The van der Waals surface area contributed by atoms with Gasteiger partial charge < -0.3 is 29.4 Å². The molecule has 0 fully saturated rings. The van der Waals surface area contributed by atoms with Gasteiger partial charge in [0.2, 0.25) is 17.9 Å². The van der Waals surface area contributed by atoms with Gasteiger partial charge in [-0.15, -0.1) is 0 Å². The Morgan fingerprint density at radius 1 is 0.905 bits per heavy atom. The number of nitrogens with zero attached hydrogens (tertiary/aromatic N) is 2. The van der Waals surface area contributed by atoms with Gasteiger partial charge in [-0.3, -0.25) is 4.79 Å². The molecule has 1 aliphatic heterocycles. The minimum atomic E-state index is -2.07. The van der Waals surface area contributed by atoms with Crippen molar-refractivity contribution in [2.75, 3.05) is 20.8 Å². The van der Waals surface area contributed by atoms with Crippen molar-refractivity contribution in [3.05, 3.63) is 107 Å². The normalized spacial score (nSPS) is 13.0. The molecule has 2 heterocycles. The molecule has 3 aromatic carbocycles. The first-order valence-electron chi connectivity index (χ1n) is 12.7. The summed E-state index contributed by atoms with van der Waals surface area (Å²) in [4.78, 5) is 35.3. The molecule has 0 saturated heterocycles. The molecule has 0 radical (unpaired) electrons. The highest BCUT2D eigenvalue weighted by Gasteiger charge is 2.50. The van der Waals surface area contributed by atoms with E-state index in [4.69, 9.17) is 18.9 Å². The average Bonchev–Trinajstić information content (AvgIpc) is 3.48. The summed E-state index contributed by atoms with van der Waals surface area (Å²) in [5.74, 6) is -2.67. The number of fused-ring (bicyclic) bond motifs is 1. The van der Waals surface area contributed by atoms with Gasteiger partial charge in [0.15, 0.2) is 0 Å². The molecule has 1 unspecified atom stereocenters. The Labute approximate surface area is 238 Å². The number of carboxylic acids is 1. The lowest BCUT2D eigenvalue weighted by Crippen LogP contribution is -2.60. The minimum Gasteiger partial charge on any atom is -0.497 e. The number of halogens is 2. The molecule has 12 heteroatoms. The number of benzene rings is 3. The number of carbonyl (C=O) groups is 2. The number of rotatable bonds is 10. The van der Waals surface area contributed by atoms with Crippen LogP contribution in [0.5, 0.6) is 23.5 Å². The van der Waals surface area contributed by atoms with Crippen LogP contribution in [-0.2, 0) is 16.8 Å². The second-order valence-corrected chi connectivity index (χ2v) is 9.24. The molecule has 0 aliphatic carbocycles. The molecular formula is C30H25F2N3O7. The molecule has 0 spiro atoms. The summed E-state index contributed by atoms with van der Waals surface area (Å²) in [7, 11) is 2.86. The SMILES string of the molecule is COc1ccc(C(=O)NC(c2ccc(F)cc2)(c2ccc(F)cc2)C(Oc2nc(OC)c3c(n2)OCC3)C(=O)O)cc1. The highest BCUT2D eigenvalue weighted by Crippen LogP contribution is 2.38. The quantitative estimate of drug-likeness (QED) is 0.288. The van der Waals surface area contributed by atoms with Crippen molar-refractivity contribution in [2.24, 2.45) is 0 Å². The lowest BCUT2D eigenvalue weighted by Gasteiger charge is -2.39. The number of nitrogens with one attached hydrogen (secondary N) is 1. The number of aromatic nitrogens is 2. The molecule has 0 bridgehead atoms. The number of aliphatic carboxylic acids is 1. The molecule has 216 valence electrons. The van der Waals surface area contributed by atoms with Gasteiger partial charge in [0.05, 0.1) is 26.4 Å². The number of ether oxygens (including phenoxy) is 4. The highest BCUT2D eigenvalue weighted by molar-refractivity contribution is 5.96. The maximum atomic E-state index is 14.1. The second kappa shape index (κ2) is 11.7.